The third-order valence-corrected chi connectivity index (χ3v) is 3.28. The predicted octanol–water partition coefficient (Wildman–Crippen LogP) is 3.39. The number of halogens is 1. The fourth-order valence-electron chi connectivity index (χ4n) is 2.01. The Kier molecular flexibility index (Phi) is 3.79. The van der Waals surface area contributed by atoms with Crippen LogP contribution in [0.2, 0.25) is 0 Å². The topological polar surface area (TPSA) is 21.3 Å². The molecule has 94 valence electrons. The molecular formula is C14H20BrNO. The van der Waals surface area contributed by atoms with Crippen LogP contribution in [0.3, 0.4) is 0 Å². The van der Waals surface area contributed by atoms with Crippen LogP contribution >= 0.6 is 15.9 Å². The van der Waals surface area contributed by atoms with Gasteiger partial charge >= 0.3 is 0 Å². The van der Waals surface area contributed by atoms with Crippen LogP contribution in [0.4, 0.5) is 0 Å². The van der Waals surface area contributed by atoms with Gasteiger partial charge in [-0.05, 0) is 29.2 Å². The summed E-state index contributed by atoms with van der Waals surface area (Å²) in [4.78, 5) is 0. The smallest absolute Gasteiger partial charge is 0.123 e. The summed E-state index contributed by atoms with van der Waals surface area (Å²) in [7, 11) is 0. The first kappa shape index (κ1) is 12.9. The van der Waals surface area contributed by atoms with E-state index >= 15 is 0 Å². The molecule has 0 bridgehead atoms. The molecule has 0 saturated heterocycles. The van der Waals surface area contributed by atoms with E-state index in [4.69, 9.17) is 4.74 Å². The lowest BCUT2D eigenvalue weighted by Crippen LogP contribution is -2.35. The first-order chi connectivity index (χ1) is 7.94. The molecule has 1 unspecified atom stereocenters. The summed E-state index contributed by atoms with van der Waals surface area (Å²) in [5, 5.41) is 3.48. The van der Waals surface area contributed by atoms with Crippen LogP contribution in [0, 0.1) is 5.41 Å². The van der Waals surface area contributed by atoms with Crippen LogP contribution in [0.1, 0.15) is 26.3 Å². The lowest BCUT2D eigenvalue weighted by molar-refractivity contribution is 0.220. The molecule has 2 nitrogen and oxygen atoms in total. The first-order valence-electron chi connectivity index (χ1n) is 6.10. The van der Waals surface area contributed by atoms with Crippen LogP contribution < -0.4 is 10.1 Å². The van der Waals surface area contributed by atoms with E-state index in [2.05, 4.69) is 48.1 Å². The predicted molar refractivity (Wildman–Crippen MR) is 74.6 cm³/mol. The summed E-state index contributed by atoms with van der Waals surface area (Å²) in [5.74, 6) is 1.04. The Balaban J connectivity index is 1.84. The van der Waals surface area contributed by atoms with Gasteiger partial charge in [-0.25, -0.2) is 0 Å². The Morgan fingerprint density at radius 2 is 2.18 bits per heavy atom. The fraction of sp³-hybridized carbons (Fsp3) is 0.571. The minimum absolute atomic E-state index is 0.279. The maximum Gasteiger partial charge on any atom is 0.123 e. The highest BCUT2D eigenvalue weighted by Crippen LogP contribution is 2.30. The number of fused-ring (bicyclic) bond motifs is 1. The van der Waals surface area contributed by atoms with Crippen molar-refractivity contribution in [2.75, 3.05) is 13.1 Å². The average Bonchev–Trinajstić information content (AvgIpc) is 2.57. The fourth-order valence-corrected chi connectivity index (χ4v) is 2.42. The van der Waals surface area contributed by atoms with Gasteiger partial charge in [-0.15, -0.1) is 0 Å². The van der Waals surface area contributed by atoms with Gasteiger partial charge in [0.05, 0.1) is 0 Å². The summed E-state index contributed by atoms with van der Waals surface area (Å²) in [6, 6.07) is 6.23. The molecule has 1 N–H and O–H groups in total. The molecule has 0 spiro atoms. The van der Waals surface area contributed by atoms with Gasteiger partial charge in [-0.3, -0.25) is 0 Å². The molecular weight excluding hydrogens is 278 g/mol. The standard InChI is InChI=1S/C14H20BrNO/c1-14(2,3)9-16-8-12-7-10-6-11(15)4-5-13(10)17-12/h4-6,12,16H,7-9H2,1-3H3. The van der Waals surface area contributed by atoms with Crippen molar-refractivity contribution in [2.45, 2.75) is 33.3 Å². The number of ether oxygens (including phenoxy) is 1. The summed E-state index contributed by atoms with van der Waals surface area (Å²) >= 11 is 3.49. The Hall–Kier alpha value is -0.540. The van der Waals surface area contributed by atoms with Crippen molar-refractivity contribution in [3.8, 4) is 5.75 Å². The van der Waals surface area contributed by atoms with E-state index in [0.717, 1.165) is 29.7 Å². The second kappa shape index (κ2) is 4.99. The average molecular weight is 298 g/mol. The van der Waals surface area contributed by atoms with Crippen molar-refractivity contribution in [1.29, 1.82) is 0 Å². The lowest BCUT2D eigenvalue weighted by atomic mass is 9.97. The molecule has 17 heavy (non-hydrogen) atoms. The molecule has 1 heterocycles. The number of hydrogen-bond donors (Lipinski definition) is 1. The molecule has 0 amide bonds. The summed E-state index contributed by atoms with van der Waals surface area (Å²) in [6.07, 6.45) is 1.29. The third-order valence-electron chi connectivity index (χ3n) is 2.79. The summed E-state index contributed by atoms with van der Waals surface area (Å²) in [5.41, 5.74) is 1.64. The molecule has 0 radical (unpaired) electrons. The minimum atomic E-state index is 0.279. The zero-order valence-electron chi connectivity index (χ0n) is 10.7. The van der Waals surface area contributed by atoms with Crippen molar-refractivity contribution < 1.29 is 4.74 Å². The minimum Gasteiger partial charge on any atom is -0.488 e. The SMILES string of the molecule is CC(C)(C)CNCC1Cc2cc(Br)ccc2O1. The third kappa shape index (κ3) is 3.71. The second-order valence-electron chi connectivity index (χ2n) is 5.89. The molecule has 0 aromatic heterocycles. The maximum absolute atomic E-state index is 5.89. The Labute approximate surface area is 112 Å². The van der Waals surface area contributed by atoms with Crippen LogP contribution in [0.5, 0.6) is 5.75 Å². The monoisotopic (exact) mass is 297 g/mol. The molecule has 1 atom stereocenters. The van der Waals surface area contributed by atoms with Crippen molar-refractivity contribution >= 4 is 15.9 Å². The molecule has 1 aromatic carbocycles. The highest BCUT2D eigenvalue weighted by atomic mass is 79.9. The van der Waals surface area contributed by atoms with Crippen LogP contribution in [-0.4, -0.2) is 19.2 Å². The highest BCUT2D eigenvalue weighted by molar-refractivity contribution is 9.10. The van der Waals surface area contributed by atoms with Crippen LogP contribution in [0.25, 0.3) is 0 Å². The molecule has 3 heteroatoms. The summed E-state index contributed by atoms with van der Waals surface area (Å²) < 4.78 is 7.02. The first-order valence-corrected chi connectivity index (χ1v) is 6.89. The van der Waals surface area contributed by atoms with E-state index in [1.165, 1.54) is 5.56 Å². The van der Waals surface area contributed by atoms with E-state index in [-0.39, 0.29) is 6.10 Å². The van der Waals surface area contributed by atoms with Crippen molar-refractivity contribution in [3.05, 3.63) is 28.2 Å². The molecule has 0 saturated carbocycles. The molecule has 0 aliphatic carbocycles. The molecule has 1 aromatic rings. The molecule has 1 aliphatic rings. The van der Waals surface area contributed by atoms with Gasteiger partial charge in [0.1, 0.15) is 11.9 Å². The molecule has 0 fully saturated rings. The van der Waals surface area contributed by atoms with E-state index in [9.17, 15) is 0 Å². The number of hydrogen-bond acceptors (Lipinski definition) is 2. The van der Waals surface area contributed by atoms with E-state index in [1.807, 2.05) is 12.1 Å². The lowest BCUT2D eigenvalue weighted by Gasteiger charge is -2.20. The van der Waals surface area contributed by atoms with Gasteiger partial charge in [0.25, 0.3) is 0 Å². The van der Waals surface area contributed by atoms with Crippen molar-refractivity contribution in [1.82, 2.24) is 5.32 Å². The van der Waals surface area contributed by atoms with Crippen molar-refractivity contribution in [3.63, 3.8) is 0 Å². The zero-order valence-corrected chi connectivity index (χ0v) is 12.3. The van der Waals surface area contributed by atoms with Gasteiger partial charge < -0.3 is 10.1 Å². The zero-order chi connectivity index (χ0) is 12.5. The highest BCUT2D eigenvalue weighted by Gasteiger charge is 2.23. The van der Waals surface area contributed by atoms with Crippen LogP contribution in [0.15, 0.2) is 22.7 Å². The second-order valence-corrected chi connectivity index (χ2v) is 6.80. The van der Waals surface area contributed by atoms with Crippen LogP contribution in [-0.2, 0) is 6.42 Å². The largest absolute Gasteiger partial charge is 0.488 e. The quantitative estimate of drug-likeness (QED) is 0.923. The molecule has 1 aliphatic heterocycles. The van der Waals surface area contributed by atoms with Gasteiger partial charge in [-0.2, -0.15) is 0 Å². The van der Waals surface area contributed by atoms with E-state index in [1.54, 1.807) is 0 Å². The van der Waals surface area contributed by atoms with E-state index in [0.29, 0.717) is 5.41 Å². The number of nitrogens with one attached hydrogen (secondary N) is 1. The summed E-state index contributed by atoms with van der Waals surface area (Å²) in [6.45, 7) is 8.65. The normalized spacial score (nSPS) is 18.9. The Morgan fingerprint density at radius 1 is 1.41 bits per heavy atom. The number of benzene rings is 1. The Morgan fingerprint density at radius 3 is 2.88 bits per heavy atom. The van der Waals surface area contributed by atoms with Gasteiger partial charge in [0.2, 0.25) is 0 Å². The Bertz CT molecular complexity index is 398. The molecule has 2 rings (SSSR count). The van der Waals surface area contributed by atoms with E-state index < -0.39 is 0 Å². The van der Waals surface area contributed by atoms with Gasteiger partial charge in [-0.1, -0.05) is 36.7 Å². The maximum atomic E-state index is 5.89. The van der Waals surface area contributed by atoms with Crippen molar-refractivity contribution in [2.24, 2.45) is 5.41 Å². The number of rotatable bonds is 3. The van der Waals surface area contributed by atoms with Gasteiger partial charge in [0.15, 0.2) is 0 Å². The van der Waals surface area contributed by atoms with Gasteiger partial charge in [0, 0.05) is 24.0 Å².